The van der Waals surface area contributed by atoms with Crippen molar-refractivity contribution in [2.75, 3.05) is 25.4 Å². The molecule has 0 saturated heterocycles. The number of fused-ring (bicyclic) bond motifs is 1. The molecule has 4 N–H and O–H groups in total. The minimum atomic E-state index is -1.17. The van der Waals surface area contributed by atoms with Gasteiger partial charge in [0, 0.05) is 19.3 Å². The number of aromatic nitrogens is 4. The number of rotatable bonds is 7. The molecule has 0 bridgehead atoms. The molecule has 28 heavy (non-hydrogen) atoms. The van der Waals surface area contributed by atoms with Gasteiger partial charge < -0.3 is 25.8 Å². The van der Waals surface area contributed by atoms with Crippen LogP contribution in [-0.4, -0.2) is 73.0 Å². The zero-order chi connectivity index (χ0) is 20.9. The predicted octanol–water partition coefficient (Wildman–Crippen LogP) is -0.154. The number of alkyl carbamates (subject to hydrolysis) is 1. The molecule has 0 aliphatic carbocycles. The van der Waals surface area contributed by atoms with E-state index in [9.17, 15) is 14.4 Å². The van der Waals surface area contributed by atoms with Gasteiger partial charge in [0.2, 0.25) is 5.91 Å². The third-order valence-electron chi connectivity index (χ3n) is 3.42. The fourth-order valence-electron chi connectivity index (χ4n) is 2.28. The van der Waals surface area contributed by atoms with Crippen LogP contribution in [0.25, 0.3) is 11.0 Å². The van der Waals surface area contributed by atoms with Crippen LogP contribution in [0.3, 0.4) is 0 Å². The minimum Gasteiger partial charge on any atom is -0.480 e. The molecule has 2 heterocycles. The fourth-order valence-corrected chi connectivity index (χ4v) is 2.28. The number of carboxylic acid groups (broad SMARTS) is 1. The number of aliphatic carboxylic acids is 1. The number of carbonyl (C=O) groups is 3. The lowest BCUT2D eigenvalue weighted by atomic mass is 10.2. The summed E-state index contributed by atoms with van der Waals surface area (Å²) in [5.74, 6) is -1.44. The third kappa shape index (κ3) is 6.07. The Bertz CT molecular complexity index is 874. The van der Waals surface area contributed by atoms with Gasteiger partial charge in [0.15, 0.2) is 5.65 Å². The van der Waals surface area contributed by atoms with Crippen LogP contribution in [0.1, 0.15) is 20.8 Å². The SMILES string of the molecule is CC(C)(C)OC(=O)NCCN(CC(=O)O)C(=O)Cn1cc2c(N)ncnc2n1. The lowest BCUT2D eigenvalue weighted by Crippen LogP contribution is -2.43. The molecule has 0 saturated carbocycles. The molecule has 0 unspecified atom stereocenters. The first kappa shape index (κ1) is 20.9. The molecule has 0 aliphatic rings. The molecule has 2 rings (SSSR count). The van der Waals surface area contributed by atoms with Gasteiger partial charge in [-0.05, 0) is 20.8 Å². The van der Waals surface area contributed by atoms with Gasteiger partial charge in [-0.25, -0.2) is 14.8 Å². The van der Waals surface area contributed by atoms with Crippen molar-refractivity contribution in [1.29, 1.82) is 0 Å². The van der Waals surface area contributed by atoms with Gasteiger partial charge in [-0.3, -0.25) is 14.3 Å². The van der Waals surface area contributed by atoms with Gasteiger partial charge in [-0.1, -0.05) is 0 Å². The van der Waals surface area contributed by atoms with Gasteiger partial charge in [0.05, 0.1) is 5.39 Å². The maximum Gasteiger partial charge on any atom is 0.407 e. The van der Waals surface area contributed by atoms with E-state index in [-0.39, 0.29) is 25.5 Å². The van der Waals surface area contributed by atoms with E-state index < -0.39 is 30.1 Å². The van der Waals surface area contributed by atoms with Gasteiger partial charge in [0.1, 0.15) is 30.8 Å². The molecule has 0 radical (unpaired) electrons. The Morgan fingerprint density at radius 2 is 2.04 bits per heavy atom. The molecular weight excluding hydrogens is 370 g/mol. The molecule has 12 nitrogen and oxygen atoms in total. The maximum atomic E-state index is 12.5. The van der Waals surface area contributed by atoms with E-state index >= 15 is 0 Å². The van der Waals surface area contributed by atoms with Gasteiger partial charge >= 0.3 is 12.1 Å². The second-order valence-corrected chi connectivity index (χ2v) is 6.96. The van der Waals surface area contributed by atoms with Crippen LogP contribution in [0.15, 0.2) is 12.5 Å². The van der Waals surface area contributed by atoms with Gasteiger partial charge in [-0.2, -0.15) is 5.10 Å². The number of hydrogen-bond donors (Lipinski definition) is 3. The Morgan fingerprint density at radius 3 is 2.64 bits per heavy atom. The highest BCUT2D eigenvalue weighted by atomic mass is 16.6. The third-order valence-corrected chi connectivity index (χ3v) is 3.42. The van der Waals surface area contributed by atoms with E-state index in [4.69, 9.17) is 15.6 Å². The molecule has 2 aromatic heterocycles. The van der Waals surface area contributed by atoms with Gasteiger partial charge in [0.25, 0.3) is 0 Å². The number of nitrogens with two attached hydrogens (primary N) is 1. The van der Waals surface area contributed by atoms with Crippen molar-refractivity contribution in [3.63, 3.8) is 0 Å². The Kier molecular flexibility index (Phi) is 6.33. The number of nitrogen functional groups attached to an aromatic ring is 1. The zero-order valence-electron chi connectivity index (χ0n) is 15.9. The van der Waals surface area contributed by atoms with E-state index in [0.717, 1.165) is 4.90 Å². The lowest BCUT2D eigenvalue weighted by molar-refractivity contribution is -0.144. The minimum absolute atomic E-state index is 0.00684. The molecule has 152 valence electrons. The van der Waals surface area contributed by atoms with Crippen molar-refractivity contribution in [1.82, 2.24) is 30.0 Å². The number of carboxylic acids is 1. The normalized spacial score (nSPS) is 11.2. The van der Waals surface area contributed by atoms with E-state index in [1.807, 2.05) is 0 Å². The average Bonchev–Trinajstić information content (AvgIpc) is 2.95. The Morgan fingerprint density at radius 1 is 1.32 bits per heavy atom. The van der Waals surface area contributed by atoms with E-state index in [0.29, 0.717) is 11.0 Å². The molecule has 12 heteroatoms. The van der Waals surface area contributed by atoms with Crippen LogP contribution in [0.2, 0.25) is 0 Å². The summed E-state index contributed by atoms with van der Waals surface area (Å²) in [6, 6.07) is 0. The number of hydrogen-bond acceptors (Lipinski definition) is 8. The van der Waals surface area contributed by atoms with Crippen molar-refractivity contribution in [2.45, 2.75) is 32.9 Å². The number of nitrogens with one attached hydrogen (secondary N) is 1. The average molecular weight is 393 g/mol. The lowest BCUT2D eigenvalue weighted by Gasteiger charge is -2.22. The smallest absolute Gasteiger partial charge is 0.407 e. The molecular formula is C16H23N7O5. The maximum absolute atomic E-state index is 12.5. The Labute approximate surface area is 160 Å². The first-order valence-electron chi connectivity index (χ1n) is 8.45. The summed E-state index contributed by atoms with van der Waals surface area (Å²) in [7, 11) is 0. The van der Waals surface area contributed by atoms with Crippen molar-refractivity contribution in [3.05, 3.63) is 12.5 Å². The van der Waals surface area contributed by atoms with E-state index in [1.165, 1.54) is 17.2 Å². The summed E-state index contributed by atoms with van der Waals surface area (Å²) in [6.45, 7) is 4.46. The molecule has 2 aromatic rings. The van der Waals surface area contributed by atoms with Crippen molar-refractivity contribution < 1.29 is 24.2 Å². The topological polar surface area (TPSA) is 166 Å². The second kappa shape index (κ2) is 8.50. The quantitative estimate of drug-likeness (QED) is 0.579. The van der Waals surface area contributed by atoms with Gasteiger partial charge in [-0.15, -0.1) is 0 Å². The summed E-state index contributed by atoms with van der Waals surface area (Å²) in [5, 5.41) is 16.2. The molecule has 0 atom stereocenters. The number of nitrogens with zero attached hydrogens (tertiary/aromatic N) is 5. The van der Waals surface area contributed by atoms with Crippen LogP contribution in [0, 0.1) is 0 Å². The standard InChI is InChI=1S/C16H23N7O5/c1-16(2,3)28-15(27)18-4-5-22(8-12(25)26)11(24)7-23-6-10-13(17)19-9-20-14(10)21-23/h6,9H,4-5,7-8H2,1-3H3,(H,18,27)(H,25,26)(H2,17,19,20,21). The molecule has 2 amide bonds. The molecule has 0 aromatic carbocycles. The van der Waals surface area contributed by atoms with Crippen LogP contribution < -0.4 is 11.1 Å². The van der Waals surface area contributed by atoms with E-state index in [2.05, 4.69) is 20.4 Å². The number of ether oxygens (including phenoxy) is 1. The summed E-state index contributed by atoms with van der Waals surface area (Å²) < 4.78 is 6.41. The van der Waals surface area contributed by atoms with Crippen LogP contribution in [0.4, 0.5) is 10.6 Å². The highest BCUT2D eigenvalue weighted by Gasteiger charge is 2.20. The summed E-state index contributed by atoms with van der Waals surface area (Å²) >= 11 is 0. The monoisotopic (exact) mass is 393 g/mol. The van der Waals surface area contributed by atoms with Crippen molar-refractivity contribution in [2.24, 2.45) is 0 Å². The summed E-state index contributed by atoms with van der Waals surface area (Å²) in [4.78, 5) is 44.1. The number of carbonyl (C=O) groups excluding carboxylic acids is 2. The molecule has 0 spiro atoms. The first-order valence-corrected chi connectivity index (χ1v) is 8.45. The van der Waals surface area contributed by atoms with Crippen molar-refractivity contribution in [3.8, 4) is 0 Å². The fraction of sp³-hybridized carbons (Fsp3) is 0.500. The zero-order valence-corrected chi connectivity index (χ0v) is 15.9. The van der Waals surface area contributed by atoms with E-state index in [1.54, 1.807) is 20.8 Å². The van der Waals surface area contributed by atoms with Crippen LogP contribution in [0.5, 0.6) is 0 Å². The molecule has 0 fully saturated rings. The Hall–Kier alpha value is -3.44. The molecule has 0 aliphatic heterocycles. The largest absolute Gasteiger partial charge is 0.480 e. The number of anilines is 1. The summed E-state index contributed by atoms with van der Waals surface area (Å²) in [5.41, 5.74) is 5.41. The Balaban J connectivity index is 1.98. The number of amides is 2. The van der Waals surface area contributed by atoms with Crippen LogP contribution in [-0.2, 0) is 20.9 Å². The highest BCUT2D eigenvalue weighted by molar-refractivity contribution is 5.85. The van der Waals surface area contributed by atoms with Crippen LogP contribution >= 0.6 is 0 Å². The first-order chi connectivity index (χ1) is 13.0. The summed E-state index contributed by atoms with van der Waals surface area (Å²) in [6.07, 6.45) is 2.12. The predicted molar refractivity (Wildman–Crippen MR) is 98.2 cm³/mol. The highest BCUT2D eigenvalue weighted by Crippen LogP contribution is 2.14. The van der Waals surface area contributed by atoms with Crippen molar-refractivity contribution >= 4 is 34.8 Å². The second-order valence-electron chi connectivity index (χ2n) is 6.96.